The molecule has 0 atom stereocenters. The fourth-order valence-electron chi connectivity index (χ4n) is 5.21. The Morgan fingerprint density at radius 3 is 2.62 bits per heavy atom. The molecular weight excluding hydrogens is 593 g/mol. The summed E-state index contributed by atoms with van der Waals surface area (Å²) in [4.78, 5) is 11.7. The maximum absolute atomic E-state index is 12.9. The molecule has 6 rings (SSSR count). The van der Waals surface area contributed by atoms with Gasteiger partial charge in [-0.15, -0.1) is 0 Å². The molecule has 0 unspecified atom stereocenters. The summed E-state index contributed by atoms with van der Waals surface area (Å²) in [7, 11) is 1.14. The van der Waals surface area contributed by atoms with Crippen molar-refractivity contribution in [3.8, 4) is 16.9 Å². The third-order valence-corrected chi connectivity index (χ3v) is 9.49. The van der Waals surface area contributed by atoms with Crippen LogP contribution in [0.25, 0.3) is 11.1 Å². The van der Waals surface area contributed by atoms with Gasteiger partial charge < -0.3 is 29.6 Å². The molecular formula is C28H31BrN7O3P. The Morgan fingerprint density at radius 1 is 1.10 bits per heavy atom. The minimum Gasteiger partial charge on any atom is -0.494 e. The number of benzene rings is 2. The van der Waals surface area contributed by atoms with Gasteiger partial charge in [-0.2, -0.15) is 10.1 Å². The van der Waals surface area contributed by atoms with Crippen LogP contribution in [-0.4, -0.2) is 66.0 Å². The molecule has 1 fully saturated rings. The first kappa shape index (κ1) is 26.8. The quantitative estimate of drug-likeness (QED) is 0.270. The molecule has 4 heterocycles. The Hall–Kier alpha value is -3.40. The van der Waals surface area contributed by atoms with Gasteiger partial charge in [-0.1, -0.05) is 12.1 Å². The average Bonchev–Trinajstić information content (AvgIpc) is 3.19. The summed E-state index contributed by atoms with van der Waals surface area (Å²) >= 11 is 3.55. The number of para-hydroxylation sites is 1. The number of halogens is 1. The van der Waals surface area contributed by atoms with Gasteiger partial charge in [0, 0.05) is 60.1 Å². The zero-order valence-corrected chi connectivity index (χ0v) is 25.3. The van der Waals surface area contributed by atoms with Gasteiger partial charge in [0.25, 0.3) is 0 Å². The lowest BCUT2D eigenvalue weighted by atomic mass is 10.0. The van der Waals surface area contributed by atoms with Crippen molar-refractivity contribution in [1.29, 1.82) is 0 Å². The second-order valence-corrected chi connectivity index (χ2v) is 14.4. The fourth-order valence-corrected chi connectivity index (χ4v) is 6.66. The van der Waals surface area contributed by atoms with Crippen LogP contribution in [0, 0.1) is 0 Å². The van der Waals surface area contributed by atoms with Crippen molar-refractivity contribution in [3.05, 3.63) is 59.0 Å². The van der Waals surface area contributed by atoms with E-state index in [1.54, 1.807) is 26.6 Å². The Kier molecular flexibility index (Phi) is 7.06. The van der Waals surface area contributed by atoms with Crippen LogP contribution in [-0.2, 0) is 22.8 Å². The van der Waals surface area contributed by atoms with E-state index in [4.69, 9.17) is 14.5 Å². The minimum atomic E-state index is -2.51. The monoisotopic (exact) mass is 623 g/mol. The van der Waals surface area contributed by atoms with Gasteiger partial charge in [-0.25, -0.2) is 4.98 Å². The zero-order valence-electron chi connectivity index (χ0n) is 22.8. The Balaban J connectivity index is 1.38. The highest BCUT2D eigenvalue weighted by Gasteiger charge is 2.32. The summed E-state index contributed by atoms with van der Waals surface area (Å²) in [6.07, 6.45) is 4.50. The molecule has 2 aliphatic rings. The number of ether oxygens (including phenoxy) is 2. The molecule has 1 saturated heterocycles. The molecule has 2 aromatic heterocycles. The van der Waals surface area contributed by atoms with E-state index in [-0.39, 0.29) is 0 Å². The molecule has 10 nitrogen and oxygen atoms in total. The van der Waals surface area contributed by atoms with E-state index in [2.05, 4.69) is 53.7 Å². The number of rotatable bonds is 7. The number of aromatic nitrogens is 4. The first-order chi connectivity index (χ1) is 19.2. The average molecular weight is 624 g/mol. The molecule has 0 radical (unpaired) electrons. The van der Waals surface area contributed by atoms with Crippen molar-refractivity contribution in [2.45, 2.75) is 12.5 Å². The number of methoxy groups -OCH3 is 1. The smallest absolute Gasteiger partial charge is 0.229 e. The van der Waals surface area contributed by atoms with E-state index >= 15 is 0 Å². The van der Waals surface area contributed by atoms with Crippen molar-refractivity contribution in [2.75, 3.05) is 55.7 Å². The van der Waals surface area contributed by atoms with E-state index < -0.39 is 7.14 Å². The normalized spacial score (nSPS) is 15.1. The summed E-state index contributed by atoms with van der Waals surface area (Å²) in [5, 5.41) is 12.0. The van der Waals surface area contributed by atoms with Gasteiger partial charge >= 0.3 is 0 Å². The van der Waals surface area contributed by atoms with E-state index in [9.17, 15) is 4.57 Å². The predicted octanol–water partition coefficient (Wildman–Crippen LogP) is 5.14. The molecule has 0 saturated carbocycles. The lowest BCUT2D eigenvalue weighted by molar-refractivity contribution is 0.00821. The second kappa shape index (κ2) is 10.5. The van der Waals surface area contributed by atoms with Gasteiger partial charge in [-0.3, -0.25) is 4.68 Å². The van der Waals surface area contributed by atoms with E-state index in [1.165, 1.54) is 5.69 Å². The summed E-state index contributed by atoms with van der Waals surface area (Å²) in [6.45, 7) is 5.82. The Morgan fingerprint density at radius 2 is 1.90 bits per heavy atom. The molecule has 2 N–H and O–H groups in total. The number of nitrogens with one attached hydrogen (secondary N) is 2. The molecule has 4 aromatic rings. The number of nitrogens with zero attached hydrogens (tertiary/aromatic N) is 5. The summed E-state index contributed by atoms with van der Waals surface area (Å²) in [5.74, 6) is 1.63. The fraction of sp³-hybridized carbons (Fsp3) is 0.321. The number of aryl methyl sites for hydroxylation is 1. The number of fused-ring (bicyclic) bond motifs is 3. The summed E-state index contributed by atoms with van der Waals surface area (Å²) < 4.78 is 26.9. The van der Waals surface area contributed by atoms with Crippen molar-refractivity contribution < 1.29 is 14.0 Å². The molecule has 0 bridgehead atoms. The Bertz CT molecular complexity index is 1630. The number of hydrogen-bond acceptors (Lipinski definition) is 9. The van der Waals surface area contributed by atoms with Crippen LogP contribution < -0.4 is 25.6 Å². The molecule has 2 aromatic carbocycles. The van der Waals surface area contributed by atoms with Crippen LogP contribution >= 0.6 is 23.1 Å². The van der Waals surface area contributed by atoms with Crippen LogP contribution in [0.5, 0.6) is 5.75 Å². The van der Waals surface area contributed by atoms with Gasteiger partial charge in [0.1, 0.15) is 18.7 Å². The maximum Gasteiger partial charge on any atom is 0.229 e. The van der Waals surface area contributed by atoms with Crippen LogP contribution in [0.3, 0.4) is 0 Å². The van der Waals surface area contributed by atoms with E-state index in [0.29, 0.717) is 41.2 Å². The standard InChI is InChI=1S/C28H31BrN7O3P/c1-35-23-9-10-36(17-15-39-16-17)24-12-25(38-2)22(11-18(24)19(23)13-31-35)33-28-30-14-20(29)27(34-28)32-21-7-5-6-8-26(21)40(3,4)37/h5-8,11-14,17H,9-10,15-16H2,1-4H3,(H2,30,32,33,34). The van der Waals surface area contributed by atoms with Gasteiger partial charge in [0.2, 0.25) is 5.95 Å². The zero-order chi connectivity index (χ0) is 28.0. The van der Waals surface area contributed by atoms with Crippen molar-refractivity contribution in [1.82, 2.24) is 19.7 Å². The summed E-state index contributed by atoms with van der Waals surface area (Å²) in [6, 6.07) is 12.1. The molecule has 0 amide bonds. The lowest BCUT2D eigenvalue weighted by Crippen LogP contribution is -2.50. The summed E-state index contributed by atoms with van der Waals surface area (Å²) in [5.41, 5.74) is 5.94. The lowest BCUT2D eigenvalue weighted by Gasteiger charge is -2.39. The molecule has 0 spiro atoms. The Labute approximate surface area is 241 Å². The molecule has 12 heteroatoms. The SMILES string of the molecule is COc1cc2c(cc1Nc1ncc(Br)c(Nc3ccccc3P(C)(C)=O)n1)-c1cnn(C)c1CCN2C1COC1. The van der Waals surface area contributed by atoms with Crippen molar-refractivity contribution in [2.24, 2.45) is 7.05 Å². The highest BCUT2D eigenvalue weighted by atomic mass is 79.9. The van der Waals surface area contributed by atoms with Gasteiger partial charge in [0.05, 0.1) is 48.4 Å². The second-order valence-electron chi connectivity index (χ2n) is 10.3. The predicted molar refractivity (Wildman–Crippen MR) is 163 cm³/mol. The minimum absolute atomic E-state index is 0.331. The molecule has 2 aliphatic heterocycles. The first-order valence-corrected chi connectivity index (χ1v) is 16.4. The molecule has 0 aliphatic carbocycles. The van der Waals surface area contributed by atoms with Crippen LogP contribution in [0.1, 0.15) is 5.69 Å². The third-order valence-electron chi connectivity index (χ3n) is 7.36. The third kappa shape index (κ3) is 4.98. The van der Waals surface area contributed by atoms with Crippen LogP contribution in [0.4, 0.5) is 28.8 Å². The maximum atomic E-state index is 12.9. The molecule has 208 valence electrons. The van der Waals surface area contributed by atoms with Gasteiger partial charge in [0.15, 0.2) is 0 Å². The van der Waals surface area contributed by atoms with Crippen LogP contribution in [0.15, 0.2) is 53.3 Å². The first-order valence-electron chi connectivity index (χ1n) is 13.0. The molecule has 40 heavy (non-hydrogen) atoms. The highest BCUT2D eigenvalue weighted by Crippen LogP contribution is 2.44. The van der Waals surface area contributed by atoms with E-state index in [0.717, 1.165) is 46.5 Å². The number of anilines is 5. The van der Waals surface area contributed by atoms with Crippen LogP contribution in [0.2, 0.25) is 0 Å². The highest BCUT2D eigenvalue weighted by molar-refractivity contribution is 9.10. The largest absolute Gasteiger partial charge is 0.494 e. The van der Waals surface area contributed by atoms with Gasteiger partial charge in [-0.05, 0) is 47.5 Å². The van der Waals surface area contributed by atoms with E-state index in [1.807, 2.05) is 42.2 Å². The van der Waals surface area contributed by atoms with Crippen molar-refractivity contribution >= 4 is 57.2 Å². The number of hydrogen-bond donors (Lipinski definition) is 2. The van der Waals surface area contributed by atoms with Crippen molar-refractivity contribution in [3.63, 3.8) is 0 Å². The topological polar surface area (TPSA) is 106 Å².